The van der Waals surface area contributed by atoms with E-state index >= 15 is 0 Å². The minimum Gasteiger partial charge on any atom is -0.481 e. The number of carboxylic acids is 1. The molecule has 0 aliphatic carbocycles. The van der Waals surface area contributed by atoms with Gasteiger partial charge < -0.3 is 10.2 Å². The summed E-state index contributed by atoms with van der Waals surface area (Å²) in [5.41, 5.74) is -1.12. The first-order valence-electron chi connectivity index (χ1n) is 5.45. The Morgan fingerprint density at radius 1 is 1.41 bits per heavy atom. The van der Waals surface area contributed by atoms with Crippen LogP contribution in [0.3, 0.4) is 0 Å². The van der Waals surface area contributed by atoms with E-state index in [0.29, 0.717) is 6.42 Å². The van der Waals surface area contributed by atoms with E-state index in [1.165, 1.54) is 0 Å². The topological polar surface area (TPSA) is 104 Å². The third-order valence-corrected chi connectivity index (χ3v) is 3.43. The van der Waals surface area contributed by atoms with Crippen LogP contribution < -0.4 is 4.72 Å². The van der Waals surface area contributed by atoms with E-state index in [-0.39, 0.29) is 12.5 Å². The Bertz CT molecular complexity index is 348. The Kier molecular flexibility index (Phi) is 6.08. The first-order chi connectivity index (χ1) is 7.54. The highest BCUT2D eigenvalue weighted by Crippen LogP contribution is 2.15. The lowest BCUT2D eigenvalue weighted by atomic mass is 9.95. The van der Waals surface area contributed by atoms with Gasteiger partial charge in [0.1, 0.15) is 0 Å². The Hall–Kier alpha value is -0.660. The fraction of sp³-hybridized carbons (Fsp3) is 0.900. The minimum absolute atomic E-state index is 0.104. The van der Waals surface area contributed by atoms with Crippen LogP contribution in [0.2, 0.25) is 0 Å². The van der Waals surface area contributed by atoms with Crippen LogP contribution in [-0.2, 0) is 14.8 Å². The molecule has 0 fully saturated rings. The number of rotatable bonds is 8. The molecule has 0 aliphatic rings. The van der Waals surface area contributed by atoms with Crippen molar-refractivity contribution in [1.29, 1.82) is 0 Å². The van der Waals surface area contributed by atoms with E-state index in [1.54, 1.807) is 6.92 Å². The summed E-state index contributed by atoms with van der Waals surface area (Å²) < 4.78 is 25.0. The van der Waals surface area contributed by atoms with Crippen LogP contribution in [0.4, 0.5) is 0 Å². The van der Waals surface area contributed by atoms with Gasteiger partial charge >= 0.3 is 5.97 Å². The molecule has 0 saturated carbocycles. The molecule has 0 heterocycles. The molecule has 0 aliphatic heterocycles. The number of hydrogen-bond acceptors (Lipinski definition) is 4. The molecule has 1 unspecified atom stereocenters. The zero-order valence-electron chi connectivity index (χ0n) is 10.4. The standard InChI is InChI=1S/C10H21NO5S/c1-8(2)6-10(3,14)7-11-17(15,16)5-4-9(12)13/h8,11,14H,4-7H2,1-3H3,(H,12,13). The molecule has 0 aromatic heterocycles. The van der Waals surface area contributed by atoms with Crippen LogP contribution in [0.25, 0.3) is 0 Å². The lowest BCUT2D eigenvalue weighted by molar-refractivity contribution is -0.136. The number of aliphatic hydroxyl groups is 1. The minimum atomic E-state index is -3.64. The van der Waals surface area contributed by atoms with Gasteiger partial charge in [0, 0.05) is 6.54 Å². The van der Waals surface area contributed by atoms with Gasteiger partial charge in [0.25, 0.3) is 0 Å². The van der Waals surface area contributed by atoms with Gasteiger partial charge in [0.05, 0.1) is 17.8 Å². The van der Waals surface area contributed by atoms with Crippen molar-refractivity contribution in [3.8, 4) is 0 Å². The van der Waals surface area contributed by atoms with E-state index in [2.05, 4.69) is 4.72 Å². The second-order valence-corrected chi connectivity index (χ2v) is 6.81. The lowest BCUT2D eigenvalue weighted by Gasteiger charge is -2.25. The van der Waals surface area contributed by atoms with Crippen molar-refractivity contribution < 1.29 is 23.4 Å². The normalized spacial score (nSPS) is 15.8. The van der Waals surface area contributed by atoms with Gasteiger partial charge in [-0.25, -0.2) is 13.1 Å². The summed E-state index contributed by atoms with van der Waals surface area (Å²) in [6.07, 6.45) is 0.0239. The van der Waals surface area contributed by atoms with Crippen molar-refractivity contribution in [2.45, 2.75) is 39.2 Å². The van der Waals surface area contributed by atoms with Crippen molar-refractivity contribution in [3.63, 3.8) is 0 Å². The maximum absolute atomic E-state index is 11.4. The highest BCUT2D eigenvalue weighted by Gasteiger charge is 2.24. The van der Waals surface area contributed by atoms with Crippen LogP contribution in [0.1, 0.15) is 33.6 Å². The fourth-order valence-corrected chi connectivity index (χ4v) is 2.63. The second kappa shape index (κ2) is 6.32. The lowest BCUT2D eigenvalue weighted by Crippen LogP contribution is -2.42. The summed E-state index contributed by atoms with van der Waals surface area (Å²) in [5, 5.41) is 18.3. The van der Waals surface area contributed by atoms with Crippen LogP contribution in [0.5, 0.6) is 0 Å². The Labute approximate surface area is 102 Å². The molecule has 6 nitrogen and oxygen atoms in total. The Morgan fingerprint density at radius 2 is 1.94 bits per heavy atom. The molecule has 0 spiro atoms. The quantitative estimate of drug-likeness (QED) is 0.582. The molecule has 0 aromatic carbocycles. The van der Waals surface area contributed by atoms with Gasteiger partial charge in [0.2, 0.25) is 10.0 Å². The first kappa shape index (κ1) is 16.3. The third-order valence-electron chi connectivity index (χ3n) is 2.11. The summed E-state index contributed by atoms with van der Waals surface area (Å²) in [7, 11) is -3.64. The highest BCUT2D eigenvalue weighted by atomic mass is 32.2. The molecule has 0 rings (SSSR count). The maximum Gasteiger partial charge on any atom is 0.304 e. The number of carbonyl (C=O) groups is 1. The summed E-state index contributed by atoms with van der Waals surface area (Å²) in [5.74, 6) is -1.39. The Morgan fingerprint density at radius 3 is 2.35 bits per heavy atom. The number of aliphatic carboxylic acids is 1. The SMILES string of the molecule is CC(C)CC(C)(O)CNS(=O)(=O)CCC(=O)O. The largest absolute Gasteiger partial charge is 0.481 e. The summed E-state index contributed by atoms with van der Waals surface area (Å²) in [6, 6.07) is 0. The first-order valence-corrected chi connectivity index (χ1v) is 7.11. The third kappa shape index (κ3) is 9.08. The predicted octanol–water partition coefficient (Wildman–Crippen LogP) is 0.178. The molecule has 0 bridgehead atoms. The summed E-state index contributed by atoms with van der Waals surface area (Å²) >= 11 is 0. The highest BCUT2D eigenvalue weighted by molar-refractivity contribution is 7.89. The molecule has 0 aromatic rings. The molecule has 0 amide bonds. The number of carboxylic acid groups (broad SMARTS) is 1. The van der Waals surface area contributed by atoms with Gasteiger partial charge in [-0.15, -0.1) is 0 Å². The van der Waals surface area contributed by atoms with Crippen molar-refractivity contribution in [3.05, 3.63) is 0 Å². The molecule has 17 heavy (non-hydrogen) atoms. The van der Waals surface area contributed by atoms with Gasteiger partial charge in [-0.05, 0) is 19.3 Å². The van der Waals surface area contributed by atoms with Crippen molar-refractivity contribution in [2.24, 2.45) is 5.92 Å². The molecule has 7 heteroatoms. The molecular weight excluding hydrogens is 246 g/mol. The Balaban J connectivity index is 4.21. The van der Waals surface area contributed by atoms with Crippen molar-refractivity contribution >= 4 is 16.0 Å². The van der Waals surface area contributed by atoms with Crippen LogP contribution in [0.15, 0.2) is 0 Å². The monoisotopic (exact) mass is 267 g/mol. The van der Waals surface area contributed by atoms with Gasteiger partial charge in [-0.1, -0.05) is 13.8 Å². The van der Waals surface area contributed by atoms with Crippen molar-refractivity contribution in [2.75, 3.05) is 12.3 Å². The average molecular weight is 267 g/mol. The zero-order valence-corrected chi connectivity index (χ0v) is 11.2. The number of sulfonamides is 1. The van der Waals surface area contributed by atoms with E-state index in [1.807, 2.05) is 13.8 Å². The summed E-state index contributed by atoms with van der Waals surface area (Å²) in [6.45, 7) is 5.29. The van der Waals surface area contributed by atoms with Gasteiger partial charge in [-0.3, -0.25) is 4.79 Å². The molecule has 3 N–H and O–H groups in total. The van der Waals surface area contributed by atoms with Crippen LogP contribution >= 0.6 is 0 Å². The predicted molar refractivity (Wildman–Crippen MR) is 64.1 cm³/mol. The van der Waals surface area contributed by atoms with Crippen LogP contribution in [-0.4, -0.2) is 42.5 Å². The average Bonchev–Trinajstić information content (AvgIpc) is 2.10. The number of nitrogens with one attached hydrogen (secondary N) is 1. The summed E-state index contributed by atoms with van der Waals surface area (Å²) in [4.78, 5) is 10.3. The van der Waals surface area contributed by atoms with Crippen LogP contribution in [0, 0.1) is 5.92 Å². The van der Waals surface area contributed by atoms with E-state index in [4.69, 9.17) is 5.11 Å². The van der Waals surface area contributed by atoms with E-state index in [9.17, 15) is 18.3 Å². The van der Waals surface area contributed by atoms with E-state index in [0.717, 1.165) is 0 Å². The number of hydrogen-bond donors (Lipinski definition) is 3. The molecular formula is C10H21NO5S. The van der Waals surface area contributed by atoms with Crippen molar-refractivity contribution in [1.82, 2.24) is 4.72 Å². The molecule has 1 atom stereocenters. The van der Waals surface area contributed by atoms with Gasteiger partial charge in [0.15, 0.2) is 0 Å². The molecule has 0 radical (unpaired) electrons. The smallest absolute Gasteiger partial charge is 0.304 e. The van der Waals surface area contributed by atoms with E-state index < -0.39 is 33.8 Å². The zero-order chi connectivity index (χ0) is 13.7. The molecule has 0 saturated heterocycles. The van der Waals surface area contributed by atoms with Gasteiger partial charge in [-0.2, -0.15) is 0 Å². The maximum atomic E-state index is 11.4. The second-order valence-electron chi connectivity index (χ2n) is 4.88. The molecule has 102 valence electrons. The fourth-order valence-electron chi connectivity index (χ4n) is 1.51.